The second-order valence-electron chi connectivity index (χ2n) is 4.48. The highest BCUT2D eigenvalue weighted by molar-refractivity contribution is 5.61. The standard InChI is InChI=1S/C14H16F3N3/c15-14(16,17)12-6-2-1-5-11(12)13-19-8-10-20(13)9-4-3-7-18/h1-2,5-6,8,10H,3-4,7,9,18H2. The summed E-state index contributed by atoms with van der Waals surface area (Å²) in [5.41, 5.74) is 4.87. The van der Waals surface area contributed by atoms with Crippen LogP contribution in [0.4, 0.5) is 13.2 Å². The van der Waals surface area contributed by atoms with Crippen molar-refractivity contribution in [1.29, 1.82) is 0 Å². The summed E-state index contributed by atoms with van der Waals surface area (Å²) in [7, 11) is 0. The maximum atomic E-state index is 13.0. The third kappa shape index (κ3) is 3.19. The van der Waals surface area contributed by atoms with E-state index in [4.69, 9.17) is 5.73 Å². The van der Waals surface area contributed by atoms with Crippen molar-refractivity contribution in [2.75, 3.05) is 6.54 Å². The Morgan fingerprint density at radius 2 is 1.90 bits per heavy atom. The second-order valence-corrected chi connectivity index (χ2v) is 4.48. The number of imidazole rings is 1. The minimum Gasteiger partial charge on any atom is -0.331 e. The topological polar surface area (TPSA) is 43.8 Å². The predicted molar refractivity (Wildman–Crippen MR) is 71.0 cm³/mol. The lowest BCUT2D eigenvalue weighted by molar-refractivity contribution is -0.137. The lowest BCUT2D eigenvalue weighted by atomic mass is 10.1. The van der Waals surface area contributed by atoms with Gasteiger partial charge in [-0.3, -0.25) is 0 Å². The lowest BCUT2D eigenvalue weighted by Crippen LogP contribution is -2.10. The van der Waals surface area contributed by atoms with Crippen molar-refractivity contribution in [3.8, 4) is 11.4 Å². The Morgan fingerprint density at radius 1 is 1.15 bits per heavy atom. The molecular formula is C14H16F3N3. The van der Waals surface area contributed by atoms with Crippen LogP contribution in [0.3, 0.4) is 0 Å². The van der Waals surface area contributed by atoms with Gasteiger partial charge in [-0.2, -0.15) is 13.2 Å². The molecule has 0 radical (unpaired) electrons. The number of unbranched alkanes of at least 4 members (excludes halogenated alkanes) is 1. The first-order chi connectivity index (χ1) is 9.54. The molecule has 0 aliphatic rings. The molecule has 0 spiro atoms. The van der Waals surface area contributed by atoms with Crippen LogP contribution in [0.25, 0.3) is 11.4 Å². The zero-order valence-electron chi connectivity index (χ0n) is 10.9. The van der Waals surface area contributed by atoms with Crippen LogP contribution in [0, 0.1) is 0 Å². The molecule has 0 fully saturated rings. The molecule has 0 saturated carbocycles. The van der Waals surface area contributed by atoms with E-state index in [0.29, 0.717) is 18.9 Å². The second kappa shape index (κ2) is 6.09. The Hall–Kier alpha value is -1.82. The summed E-state index contributed by atoms with van der Waals surface area (Å²) in [6.45, 7) is 1.18. The molecule has 0 atom stereocenters. The number of aromatic nitrogens is 2. The first-order valence-corrected chi connectivity index (χ1v) is 6.42. The molecule has 108 valence electrons. The Balaban J connectivity index is 2.35. The maximum Gasteiger partial charge on any atom is 0.417 e. The largest absolute Gasteiger partial charge is 0.417 e. The molecule has 6 heteroatoms. The molecule has 1 aromatic carbocycles. The van der Waals surface area contributed by atoms with E-state index in [9.17, 15) is 13.2 Å². The van der Waals surface area contributed by atoms with E-state index in [0.717, 1.165) is 18.9 Å². The normalized spacial score (nSPS) is 11.8. The van der Waals surface area contributed by atoms with E-state index in [1.54, 1.807) is 16.8 Å². The number of hydrogen-bond acceptors (Lipinski definition) is 2. The molecule has 1 aromatic heterocycles. The lowest BCUT2D eigenvalue weighted by Gasteiger charge is -2.13. The summed E-state index contributed by atoms with van der Waals surface area (Å²) in [6, 6.07) is 5.50. The summed E-state index contributed by atoms with van der Waals surface area (Å²) in [5, 5.41) is 0. The van der Waals surface area contributed by atoms with Crippen molar-refractivity contribution < 1.29 is 13.2 Å². The number of nitrogens with two attached hydrogens (primary N) is 1. The maximum absolute atomic E-state index is 13.0. The zero-order chi connectivity index (χ0) is 14.6. The number of benzene rings is 1. The molecule has 0 aliphatic carbocycles. The van der Waals surface area contributed by atoms with E-state index in [1.165, 1.54) is 18.3 Å². The molecular weight excluding hydrogens is 267 g/mol. The minimum atomic E-state index is -4.38. The van der Waals surface area contributed by atoms with Crippen molar-refractivity contribution >= 4 is 0 Å². The monoisotopic (exact) mass is 283 g/mol. The first-order valence-electron chi connectivity index (χ1n) is 6.42. The van der Waals surface area contributed by atoms with Crippen LogP contribution in [0.2, 0.25) is 0 Å². The molecule has 1 heterocycles. The van der Waals surface area contributed by atoms with Gasteiger partial charge >= 0.3 is 6.18 Å². The number of hydrogen-bond donors (Lipinski definition) is 1. The van der Waals surface area contributed by atoms with E-state index in [2.05, 4.69) is 4.98 Å². The summed E-state index contributed by atoms with van der Waals surface area (Å²) >= 11 is 0. The minimum absolute atomic E-state index is 0.109. The van der Waals surface area contributed by atoms with Gasteiger partial charge in [0.2, 0.25) is 0 Å². The fraction of sp³-hybridized carbons (Fsp3) is 0.357. The highest BCUT2D eigenvalue weighted by Crippen LogP contribution is 2.36. The van der Waals surface area contributed by atoms with Gasteiger partial charge in [-0.05, 0) is 25.5 Å². The van der Waals surface area contributed by atoms with Crippen LogP contribution in [0.5, 0.6) is 0 Å². The smallest absolute Gasteiger partial charge is 0.331 e. The number of halogens is 3. The summed E-state index contributed by atoms with van der Waals surface area (Å²) < 4.78 is 40.8. The number of nitrogens with zero attached hydrogens (tertiary/aromatic N) is 2. The quantitative estimate of drug-likeness (QED) is 0.856. The third-order valence-electron chi connectivity index (χ3n) is 3.04. The highest BCUT2D eigenvalue weighted by atomic mass is 19.4. The van der Waals surface area contributed by atoms with Crippen LogP contribution in [-0.4, -0.2) is 16.1 Å². The van der Waals surface area contributed by atoms with Gasteiger partial charge in [0, 0.05) is 24.5 Å². The summed E-state index contributed by atoms with van der Waals surface area (Å²) in [4.78, 5) is 4.07. The van der Waals surface area contributed by atoms with E-state index >= 15 is 0 Å². The summed E-state index contributed by atoms with van der Waals surface area (Å²) in [5.74, 6) is 0.343. The number of alkyl halides is 3. The molecule has 0 aliphatic heterocycles. The van der Waals surface area contributed by atoms with E-state index in [-0.39, 0.29) is 5.56 Å². The van der Waals surface area contributed by atoms with E-state index in [1.807, 2.05) is 0 Å². The van der Waals surface area contributed by atoms with Gasteiger partial charge in [-0.1, -0.05) is 18.2 Å². The van der Waals surface area contributed by atoms with Gasteiger partial charge < -0.3 is 10.3 Å². The Morgan fingerprint density at radius 3 is 2.60 bits per heavy atom. The van der Waals surface area contributed by atoms with Crippen molar-refractivity contribution in [3.05, 3.63) is 42.2 Å². The van der Waals surface area contributed by atoms with Gasteiger partial charge in [0.15, 0.2) is 0 Å². The SMILES string of the molecule is NCCCCn1ccnc1-c1ccccc1C(F)(F)F. The summed E-state index contributed by atoms with van der Waals surface area (Å²) in [6.07, 6.45) is 0.473. The van der Waals surface area contributed by atoms with E-state index < -0.39 is 11.7 Å². The predicted octanol–water partition coefficient (Wildman–Crippen LogP) is 3.31. The Kier molecular flexibility index (Phi) is 4.44. The molecule has 0 saturated heterocycles. The van der Waals surface area contributed by atoms with Crippen LogP contribution in [0.1, 0.15) is 18.4 Å². The molecule has 0 amide bonds. The zero-order valence-corrected chi connectivity index (χ0v) is 10.9. The molecule has 2 rings (SSSR count). The molecule has 0 unspecified atom stereocenters. The van der Waals surface area contributed by atoms with Crippen LogP contribution < -0.4 is 5.73 Å². The Labute approximate surface area is 115 Å². The van der Waals surface area contributed by atoms with Gasteiger partial charge in [0.25, 0.3) is 0 Å². The van der Waals surface area contributed by atoms with Gasteiger partial charge in [-0.25, -0.2) is 4.98 Å². The fourth-order valence-electron chi connectivity index (χ4n) is 2.09. The number of aryl methyl sites for hydroxylation is 1. The average molecular weight is 283 g/mol. The first kappa shape index (κ1) is 14.6. The van der Waals surface area contributed by atoms with Crippen molar-refractivity contribution in [1.82, 2.24) is 9.55 Å². The van der Waals surface area contributed by atoms with Crippen molar-refractivity contribution in [2.45, 2.75) is 25.6 Å². The van der Waals surface area contributed by atoms with Crippen LogP contribution in [0.15, 0.2) is 36.7 Å². The van der Waals surface area contributed by atoms with Crippen LogP contribution >= 0.6 is 0 Å². The number of rotatable bonds is 5. The van der Waals surface area contributed by atoms with Crippen LogP contribution in [-0.2, 0) is 12.7 Å². The molecule has 20 heavy (non-hydrogen) atoms. The Bertz CT molecular complexity index is 561. The van der Waals surface area contributed by atoms with Crippen molar-refractivity contribution in [3.63, 3.8) is 0 Å². The molecule has 2 N–H and O–H groups in total. The molecule has 0 bridgehead atoms. The van der Waals surface area contributed by atoms with Gasteiger partial charge in [0.1, 0.15) is 5.82 Å². The highest BCUT2D eigenvalue weighted by Gasteiger charge is 2.34. The van der Waals surface area contributed by atoms with Gasteiger partial charge in [-0.15, -0.1) is 0 Å². The van der Waals surface area contributed by atoms with Gasteiger partial charge in [0.05, 0.1) is 5.56 Å². The fourth-order valence-corrected chi connectivity index (χ4v) is 2.09. The molecule has 3 nitrogen and oxygen atoms in total. The third-order valence-corrected chi connectivity index (χ3v) is 3.04. The molecule has 2 aromatic rings. The van der Waals surface area contributed by atoms with Crippen molar-refractivity contribution in [2.24, 2.45) is 5.73 Å². The average Bonchev–Trinajstić information content (AvgIpc) is 2.86.